The van der Waals surface area contributed by atoms with Gasteiger partial charge in [-0.05, 0) is 121 Å². The molecule has 0 nitrogen and oxygen atoms in total. The first-order valence-corrected chi connectivity index (χ1v) is 17.4. The minimum Gasteiger partial charge on any atom is -0.0654 e. The monoisotopic (exact) mass is 570 g/mol. The predicted octanol–water partition coefficient (Wildman–Crippen LogP) is 12.0. The lowest BCUT2D eigenvalue weighted by Crippen LogP contribution is -2.32. The van der Waals surface area contributed by atoms with E-state index in [1.54, 1.807) is 11.1 Å². The molecular formula is C43H54. The molecular weight excluding hydrogens is 516 g/mol. The van der Waals surface area contributed by atoms with Gasteiger partial charge in [-0.25, -0.2) is 0 Å². The van der Waals surface area contributed by atoms with Crippen LogP contribution in [0.25, 0.3) is 11.1 Å². The summed E-state index contributed by atoms with van der Waals surface area (Å²) in [4.78, 5) is 0. The number of unbranched alkanes of at least 4 members (excludes halogenated alkanes) is 4. The highest BCUT2D eigenvalue weighted by Crippen LogP contribution is 2.58. The maximum atomic E-state index is 2.59. The molecule has 0 atom stereocenters. The van der Waals surface area contributed by atoms with Crippen molar-refractivity contribution in [3.63, 3.8) is 0 Å². The smallest absolute Gasteiger partial charge is 0.0654 e. The number of rotatable bonds is 14. The van der Waals surface area contributed by atoms with Crippen molar-refractivity contribution in [1.82, 2.24) is 0 Å². The molecule has 0 saturated carbocycles. The summed E-state index contributed by atoms with van der Waals surface area (Å²) in [6.45, 7) is 13.8. The van der Waals surface area contributed by atoms with Crippen molar-refractivity contribution in [2.24, 2.45) is 0 Å². The maximum absolute atomic E-state index is 2.59. The molecule has 0 heterocycles. The molecule has 0 spiro atoms. The Morgan fingerprint density at radius 2 is 0.814 bits per heavy atom. The van der Waals surface area contributed by atoms with E-state index in [9.17, 15) is 0 Å². The Labute approximate surface area is 263 Å². The van der Waals surface area contributed by atoms with Gasteiger partial charge in [0.2, 0.25) is 0 Å². The Morgan fingerprint density at radius 1 is 0.419 bits per heavy atom. The lowest BCUT2D eigenvalue weighted by molar-refractivity contribution is 0.701. The quantitative estimate of drug-likeness (QED) is 0.125. The van der Waals surface area contributed by atoms with Crippen LogP contribution < -0.4 is 0 Å². The van der Waals surface area contributed by atoms with Gasteiger partial charge in [-0.15, -0.1) is 0 Å². The zero-order valence-electron chi connectivity index (χ0n) is 27.9. The van der Waals surface area contributed by atoms with Crippen LogP contribution in [-0.2, 0) is 31.1 Å². The van der Waals surface area contributed by atoms with E-state index in [2.05, 4.69) is 114 Å². The summed E-state index contributed by atoms with van der Waals surface area (Å²) in [5.74, 6) is 0. The van der Waals surface area contributed by atoms with E-state index in [1.165, 1.54) is 120 Å². The van der Waals surface area contributed by atoms with Crippen LogP contribution in [0.3, 0.4) is 0 Å². The van der Waals surface area contributed by atoms with E-state index in [4.69, 9.17) is 0 Å². The molecule has 0 saturated heterocycles. The summed E-state index contributed by atoms with van der Waals surface area (Å²) in [6.07, 6.45) is 14.5. The molecule has 226 valence electrons. The zero-order valence-corrected chi connectivity index (χ0v) is 27.9. The van der Waals surface area contributed by atoms with Crippen molar-refractivity contribution < 1.29 is 0 Å². The van der Waals surface area contributed by atoms with Crippen molar-refractivity contribution >= 4 is 0 Å². The first kappa shape index (κ1) is 31.3. The fraction of sp³-hybridized carbons (Fsp3) is 0.442. The number of aryl methyl sites for hydroxylation is 6. The zero-order chi connectivity index (χ0) is 30.4. The van der Waals surface area contributed by atoms with Gasteiger partial charge in [0.05, 0.1) is 5.41 Å². The normalized spacial score (nSPS) is 13.3. The standard InChI is InChI=1S/C43H54/c1-7-11-15-33-21-25-39(35(29-33)17-13-9-3)43(40-26-22-34(16-12-8-2)30-36(40)18-14-10-4)41-27-31(5)19-23-37(41)38-24-20-32(6)28-42(38)43/h19-30H,7-18H2,1-6H3. The fourth-order valence-electron chi connectivity index (χ4n) is 7.52. The second-order valence-electron chi connectivity index (χ2n) is 13.2. The molecule has 0 amide bonds. The van der Waals surface area contributed by atoms with Crippen LogP contribution in [0.5, 0.6) is 0 Å². The molecule has 5 rings (SSSR count). The van der Waals surface area contributed by atoms with Crippen molar-refractivity contribution in [3.05, 3.63) is 128 Å². The Hall–Kier alpha value is -3.12. The predicted molar refractivity (Wildman–Crippen MR) is 188 cm³/mol. The van der Waals surface area contributed by atoms with Crippen LogP contribution in [0.2, 0.25) is 0 Å². The van der Waals surface area contributed by atoms with Gasteiger partial charge in [-0.1, -0.05) is 137 Å². The van der Waals surface area contributed by atoms with Crippen molar-refractivity contribution in [1.29, 1.82) is 0 Å². The van der Waals surface area contributed by atoms with Gasteiger partial charge in [-0.3, -0.25) is 0 Å². The molecule has 4 aromatic carbocycles. The second kappa shape index (κ2) is 14.1. The van der Waals surface area contributed by atoms with E-state index in [1.807, 2.05) is 0 Å². The van der Waals surface area contributed by atoms with Crippen LogP contribution >= 0.6 is 0 Å². The third-order valence-corrected chi connectivity index (χ3v) is 9.83. The molecule has 1 aliphatic carbocycles. The summed E-state index contributed by atoms with van der Waals surface area (Å²) in [7, 11) is 0. The fourth-order valence-corrected chi connectivity index (χ4v) is 7.52. The summed E-state index contributed by atoms with van der Waals surface area (Å²) in [6, 6.07) is 29.7. The summed E-state index contributed by atoms with van der Waals surface area (Å²) < 4.78 is 0. The average molecular weight is 571 g/mol. The average Bonchev–Trinajstić information content (AvgIpc) is 3.29. The van der Waals surface area contributed by atoms with Gasteiger partial charge in [0.1, 0.15) is 0 Å². The highest BCUT2D eigenvalue weighted by Gasteiger charge is 2.48. The van der Waals surface area contributed by atoms with Crippen molar-refractivity contribution in [2.45, 2.75) is 124 Å². The molecule has 0 unspecified atom stereocenters. The summed E-state index contributed by atoms with van der Waals surface area (Å²) >= 11 is 0. The van der Waals surface area contributed by atoms with Crippen LogP contribution in [-0.4, -0.2) is 0 Å². The third kappa shape index (κ3) is 6.13. The Balaban J connectivity index is 1.90. The number of hydrogen-bond acceptors (Lipinski definition) is 0. The van der Waals surface area contributed by atoms with Crippen molar-refractivity contribution in [2.75, 3.05) is 0 Å². The molecule has 0 radical (unpaired) electrons. The molecule has 0 aromatic heterocycles. The number of benzene rings is 4. The third-order valence-electron chi connectivity index (χ3n) is 9.83. The van der Waals surface area contributed by atoms with Gasteiger partial charge in [0.15, 0.2) is 0 Å². The lowest BCUT2D eigenvalue weighted by atomic mass is 9.64. The molecule has 0 heteroatoms. The van der Waals surface area contributed by atoms with Gasteiger partial charge in [0.25, 0.3) is 0 Å². The highest BCUT2D eigenvalue weighted by molar-refractivity contribution is 5.87. The van der Waals surface area contributed by atoms with E-state index in [0.717, 1.165) is 12.8 Å². The second-order valence-corrected chi connectivity index (χ2v) is 13.2. The van der Waals surface area contributed by atoms with E-state index >= 15 is 0 Å². The van der Waals surface area contributed by atoms with Crippen LogP contribution in [0.15, 0.2) is 72.8 Å². The lowest BCUT2D eigenvalue weighted by Gasteiger charge is -2.38. The van der Waals surface area contributed by atoms with Gasteiger partial charge in [0, 0.05) is 0 Å². The van der Waals surface area contributed by atoms with Gasteiger partial charge < -0.3 is 0 Å². The molecule has 0 bridgehead atoms. The molecule has 0 aliphatic heterocycles. The molecule has 0 N–H and O–H groups in total. The van der Waals surface area contributed by atoms with Gasteiger partial charge >= 0.3 is 0 Å². The SMILES string of the molecule is CCCCc1ccc(C2(c3ccc(CCCC)cc3CCCC)c3cc(C)ccc3-c3ccc(C)cc32)c(CCCC)c1. The number of fused-ring (bicyclic) bond motifs is 3. The van der Waals surface area contributed by atoms with E-state index < -0.39 is 0 Å². The largest absolute Gasteiger partial charge is 0.0719 e. The number of hydrogen-bond donors (Lipinski definition) is 0. The Bertz CT molecular complexity index is 1420. The van der Waals surface area contributed by atoms with E-state index in [0.29, 0.717) is 0 Å². The molecule has 1 aliphatic rings. The first-order valence-electron chi connectivity index (χ1n) is 17.4. The summed E-state index contributed by atoms with van der Waals surface area (Å²) in [5.41, 5.74) is 17.3. The highest BCUT2D eigenvalue weighted by atomic mass is 14.5. The summed E-state index contributed by atoms with van der Waals surface area (Å²) in [5, 5.41) is 0. The van der Waals surface area contributed by atoms with Crippen LogP contribution in [0.1, 0.15) is 135 Å². The molecule has 0 fully saturated rings. The minimum atomic E-state index is -0.318. The van der Waals surface area contributed by atoms with Crippen molar-refractivity contribution in [3.8, 4) is 11.1 Å². The van der Waals surface area contributed by atoms with Crippen LogP contribution in [0.4, 0.5) is 0 Å². The molecule has 43 heavy (non-hydrogen) atoms. The molecule has 4 aromatic rings. The topological polar surface area (TPSA) is 0 Å². The first-order chi connectivity index (χ1) is 21.0. The Morgan fingerprint density at radius 3 is 1.21 bits per heavy atom. The minimum absolute atomic E-state index is 0.318. The van der Waals surface area contributed by atoms with E-state index in [-0.39, 0.29) is 5.41 Å². The Kier molecular flexibility index (Phi) is 10.3. The maximum Gasteiger partial charge on any atom is 0.0719 e. The van der Waals surface area contributed by atoms with Crippen LogP contribution in [0, 0.1) is 13.8 Å². The van der Waals surface area contributed by atoms with Gasteiger partial charge in [-0.2, -0.15) is 0 Å².